The molecular formula is C12H18N2O2. The quantitative estimate of drug-likeness (QED) is 0.831. The van der Waals surface area contributed by atoms with Gasteiger partial charge in [0.25, 0.3) is 0 Å². The minimum absolute atomic E-state index is 0.226. The first kappa shape index (κ1) is 12.5. The molecule has 0 atom stereocenters. The van der Waals surface area contributed by atoms with Crippen LogP contribution in [0.25, 0.3) is 0 Å². The first-order valence-electron chi connectivity index (χ1n) is 5.52. The van der Waals surface area contributed by atoms with Crippen molar-refractivity contribution in [3.05, 3.63) is 23.9 Å². The monoisotopic (exact) mass is 222 g/mol. The number of hydrogen-bond acceptors (Lipinski definition) is 3. The molecule has 1 heterocycles. The summed E-state index contributed by atoms with van der Waals surface area (Å²) in [5.74, 6) is -0.104. The maximum absolute atomic E-state index is 10.7. The predicted octanol–water partition coefficient (Wildman–Crippen LogP) is 2.40. The molecule has 1 aromatic heterocycles. The van der Waals surface area contributed by atoms with Crippen LogP contribution in [0.2, 0.25) is 0 Å². The molecule has 1 N–H and O–H groups in total. The fourth-order valence-electron chi connectivity index (χ4n) is 1.56. The van der Waals surface area contributed by atoms with Gasteiger partial charge in [-0.25, -0.2) is 9.78 Å². The largest absolute Gasteiger partial charge is 0.478 e. The van der Waals surface area contributed by atoms with Crippen molar-refractivity contribution < 1.29 is 9.90 Å². The van der Waals surface area contributed by atoms with Gasteiger partial charge >= 0.3 is 5.97 Å². The van der Waals surface area contributed by atoms with Crippen molar-refractivity contribution in [3.8, 4) is 0 Å². The van der Waals surface area contributed by atoms with Crippen LogP contribution in [0.5, 0.6) is 0 Å². The van der Waals surface area contributed by atoms with Crippen molar-refractivity contribution in [1.29, 1.82) is 0 Å². The van der Waals surface area contributed by atoms with Gasteiger partial charge in [-0.1, -0.05) is 6.92 Å². The normalized spacial score (nSPS) is 10.5. The van der Waals surface area contributed by atoms with Gasteiger partial charge < -0.3 is 10.0 Å². The highest BCUT2D eigenvalue weighted by Crippen LogP contribution is 2.14. The molecule has 0 aliphatic rings. The molecule has 4 nitrogen and oxygen atoms in total. The van der Waals surface area contributed by atoms with E-state index in [1.165, 1.54) is 6.20 Å². The number of carboxylic acids is 1. The number of pyridine rings is 1. The van der Waals surface area contributed by atoms with Crippen molar-refractivity contribution in [2.45, 2.75) is 33.2 Å². The third-order valence-electron chi connectivity index (χ3n) is 2.38. The number of rotatable bonds is 5. The van der Waals surface area contributed by atoms with Crippen LogP contribution in [-0.4, -0.2) is 28.6 Å². The number of carbonyl (C=O) groups is 1. The van der Waals surface area contributed by atoms with Crippen LogP contribution < -0.4 is 4.90 Å². The third kappa shape index (κ3) is 2.95. The zero-order chi connectivity index (χ0) is 12.1. The van der Waals surface area contributed by atoms with E-state index in [0.29, 0.717) is 6.04 Å². The Morgan fingerprint density at radius 3 is 2.56 bits per heavy atom. The molecule has 0 saturated carbocycles. The van der Waals surface area contributed by atoms with Gasteiger partial charge in [0, 0.05) is 18.8 Å². The van der Waals surface area contributed by atoms with Gasteiger partial charge in [-0.3, -0.25) is 0 Å². The van der Waals surface area contributed by atoms with Crippen molar-refractivity contribution in [3.63, 3.8) is 0 Å². The van der Waals surface area contributed by atoms with Gasteiger partial charge in [-0.15, -0.1) is 0 Å². The summed E-state index contributed by atoms with van der Waals surface area (Å²) in [6, 6.07) is 3.72. The molecule has 88 valence electrons. The van der Waals surface area contributed by atoms with E-state index >= 15 is 0 Å². The highest BCUT2D eigenvalue weighted by Gasteiger charge is 2.11. The van der Waals surface area contributed by atoms with E-state index in [4.69, 9.17) is 5.11 Å². The molecule has 1 rings (SSSR count). The van der Waals surface area contributed by atoms with Crippen LogP contribution in [0, 0.1) is 0 Å². The lowest BCUT2D eigenvalue weighted by atomic mass is 10.2. The fourth-order valence-corrected chi connectivity index (χ4v) is 1.56. The van der Waals surface area contributed by atoms with Crippen LogP contribution in [0.4, 0.5) is 5.82 Å². The Morgan fingerprint density at radius 2 is 2.19 bits per heavy atom. The number of hydrogen-bond donors (Lipinski definition) is 1. The fraction of sp³-hybridized carbons (Fsp3) is 0.500. The second-order valence-electron chi connectivity index (χ2n) is 4.00. The number of carboxylic acid groups (broad SMARTS) is 1. The number of nitrogens with zero attached hydrogens (tertiary/aromatic N) is 2. The molecule has 0 aliphatic heterocycles. The topological polar surface area (TPSA) is 53.4 Å². The summed E-state index contributed by atoms with van der Waals surface area (Å²) in [6.07, 6.45) is 2.45. The molecule has 0 radical (unpaired) electrons. The smallest absolute Gasteiger partial charge is 0.337 e. The van der Waals surface area contributed by atoms with Gasteiger partial charge in [-0.2, -0.15) is 0 Å². The number of aromatic nitrogens is 1. The molecule has 16 heavy (non-hydrogen) atoms. The summed E-state index contributed by atoms with van der Waals surface area (Å²) in [4.78, 5) is 17.0. The van der Waals surface area contributed by atoms with E-state index < -0.39 is 5.97 Å². The maximum atomic E-state index is 10.7. The lowest BCUT2D eigenvalue weighted by Crippen LogP contribution is -2.32. The van der Waals surface area contributed by atoms with Crippen molar-refractivity contribution in [2.75, 3.05) is 11.4 Å². The summed E-state index contributed by atoms with van der Waals surface area (Å²) in [5.41, 5.74) is 0.226. The molecule has 0 bridgehead atoms. The predicted molar refractivity (Wildman–Crippen MR) is 64.0 cm³/mol. The van der Waals surface area contributed by atoms with Crippen LogP contribution >= 0.6 is 0 Å². The average molecular weight is 222 g/mol. The summed E-state index contributed by atoms with van der Waals surface area (Å²) in [5, 5.41) is 8.77. The Balaban J connectivity index is 2.89. The van der Waals surface area contributed by atoms with Crippen LogP contribution in [-0.2, 0) is 0 Å². The first-order valence-corrected chi connectivity index (χ1v) is 5.52. The summed E-state index contributed by atoms with van der Waals surface area (Å²) < 4.78 is 0. The highest BCUT2D eigenvalue weighted by atomic mass is 16.4. The van der Waals surface area contributed by atoms with E-state index in [1.54, 1.807) is 12.1 Å². The summed E-state index contributed by atoms with van der Waals surface area (Å²) in [7, 11) is 0. The zero-order valence-electron chi connectivity index (χ0n) is 9.97. The van der Waals surface area contributed by atoms with Crippen LogP contribution in [0.15, 0.2) is 18.3 Å². The molecular weight excluding hydrogens is 204 g/mol. The van der Waals surface area contributed by atoms with Gasteiger partial charge in [-0.05, 0) is 32.4 Å². The molecule has 0 spiro atoms. The third-order valence-corrected chi connectivity index (χ3v) is 2.38. The van der Waals surface area contributed by atoms with E-state index in [-0.39, 0.29) is 5.56 Å². The Kier molecular flexibility index (Phi) is 4.28. The molecule has 0 aliphatic carbocycles. The van der Waals surface area contributed by atoms with Crippen LogP contribution in [0.3, 0.4) is 0 Å². The van der Waals surface area contributed by atoms with Crippen molar-refractivity contribution >= 4 is 11.8 Å². The SMILES string of the molecule is CCCN(c1ccc(C(=O)O)cn1)C(C)C. The summed E-state index contributed by atoms with van der Waals surface area (Å²) in [6.45, 7) is 7.24. The maximum Gasteiger partial charge on any atom is 0.337 e. The number of anilines is 1. The molecule has 4 heteroatoms. The Hall–Kier alpha value is -1.58. The lowest BCUT2D eigenvalue weighted by Gasteiger charge is -2.27. The molecule has 0 amide bonds. The second kappa shape index (κ2) is 5.49. The molecule has 0 saturated heterocycles. The van der Waals surface area contributed by atoms with Gasteiger partial charge in [0.05, 0.1) is 5.56 Å². The molecule has 0 unspecified atom stereocenters. The van der Waals surface area contributed by atoms with Crippen LogP contribution in [0.1, 0.15) is 37.6 Å². The summed E-state index contributed by atoms with van der Waals surface area (Å²) >= 11 is 0. The first-order chi connectivity index (χ1) is 7.56. The minimum atomic E-state index is -0.939. The Morgan fingerprint density at radius 1 is 1.50 bits per heavy atom. The van der Waals surface area contributed by atoms with Gasteiger partial charge in [0.2, 0.25) is 0 Å². The molecule has 1 aromatic rings. The van der Waals surface area contributed by atoms with E-state index in [1.807, 2.05) is 0 Å². The van der Waals surface area contributed by atoms with Gasteiger partial charge in [0.1, 0.15) is 5.82 Å². The zero-order valence-corrected chi connectivity index (χ0v) is 9.97. The minimum Gasteiger partial charge on any atom is -0.478 e. The van der Waals surface area contributed by atoms with Crippen molar-refractivity contribution in [1.82, 2.24) is 4.98 Å². The Labute approximate surface area is 95.9 Å². The Bertz CT molecular complexity index is 347. The lowest BCUT2D eigenvalue weighted by molar-refractivity contribution is 0.0696. The second-order valence-corrected chi connectivity index (χ2v) is 4.00. The van der Waals surface area contributed by atoms with Gasteiger partial charge in [0.15, 0.2) is 0 Å². The van der Waals surface area contributed by atoms with Crippen molar-refractivity contribution in [2.24, 2.45) is 0 Å². The molecule has 0 aromatic carbocycles. The average Bonchev–Trinajstić information content (AvgIpc) is 2.25. The highest BCUT2D eigenvalue weighted by molar-refractivity contribution is 5.87. The van der Waals surface area contributed by atoms with E-state index in [9.17, 15) is 4.79 Å². The van der Waals surface area contributed by atoms with E-state index in [2.05, 4.69) is 30.7 Å². The standard InChI is InChI=1S/C12H18N2O2/c1-4-7-14(9(2)3)11-6-5-10(8-13-11)12(15)16/h5-6,8-9H,4,7H2,1-3H3,(H,15,16). The number of aromatic carboxylic acids is 1. The molecule has 0 fully saturated rings. The van der Waals surface area contributed by atoms with E-state index in [0.717, 1.165) is 18.8 Å².